The number of imidazole rings is 1. The molecule has 1 aliphatic heterocycles. The number of amides is 1. The van der Waals surface area contributed by atoms with Crippen molar-refractivity contribution in [3.05, 3.63) is 101 Å². The summed E-state index contributed by atoms with van der Waals surface area (Å²) in [5.74, 6) is 2.43. The SMILES string of the molecule is CCN(CC)C(=O)c1ccc([C@@H]2c3cc(OC(C)C)c(OC)cc3CCN2Cc2cnc(-c3ccccc3)[nH]2)cc1. The Balaban J connectivity index is 1.52. The summed E-state index contributed by atoms with van der Waals surface area (Å²) in [5, 5.41) is 0. The van der Waals surface area contributed by atoms with E-state index in [0.717, 1.165) is 47.1 Å². The molecule has 1 N–H and O–H groups in total. The summed E-state index contributed by atoms with van der Waals surface area (Å²) < 4.78 is 11.9. The number of methoxy groups -OCH3 is 1. The minimum absolute atomic E-state index is 0.0202. The molecule has 41 heavy (non-hydrogen) atoms. The van der Waals surface area contributed by atoms with Crippen molar-refractivity contribution in [3.8, 4) is 22.9 Å². The lowest BCUT2D eigenvalue weighted by Gasteiger charge is -2.38. The molecule has 1 atom stereocenters. The molecule has 0 radical (unpaired) electrons. The van der Waals surface area contributed by atoms with Crippen LogP contribution in [-0.4, -0.2) is 58.5 Å². The maximum Gasteiger partial charge on any atom is 0.253 e. The Bertz CT molecular complexity index is 1460. The molecular formula is C34H40N4O3. The van der Waals surface area contributed by atoms with Gasteiger partial charge in [-0.25, -0.2) is 4.98 Å². The van der Waals surface area contributed by atoms with E-state index in [0.29, 0.717) is 25.2 Å². The number of carbonyl (C=O) groups is 1. The highest BCUT2D eigenvalue weighted by Crippen LogP contribution is 2.42. The van der Waals surface area contributed by atoms with Crippen LogP contribution in [0.5, 0.6) is 11.5 Å². The molecule has 7 heteroatoms. The molecule has 0 saturated heterocycles. The summed E-state index contributed by atoms with van der Waals surface area (Å²) in [4.78, 5) is 25.5. The number of ether oxygens (including phenoxy) is 2. The van der Waals surface area contributed by atoms with Crippen molar-refractivity contribution >= 4 is 5.91 Å². The van der Waals surface area contributed by atoms with Crippen LogP contribution >= 0.6 is 0 Å². The van der Waals surface area contributed by atoms with Crippen LogP contribution in [-0.2, 0) is 13.0 Å². The van der Waals surface area contributed by atoms with Gasteiger partial charge in [0.2, 0.25) is 0 Å². The highest BCUT2D eigenvalue weighted by atomic mass is 16.5. The highest BCUT2D eigenvalue weighted by Gasteiger charge is 2.31. The van der Waals surface area contributed by atoms with Crippen LogP contribution in [0.25, 0.3) is 11.4 Å². The van der Waals surface area contributed by atoms with Gasteiger partial charge in [-0.2, -0.15) is 0 Å². The lowest BCUT2D eigenvalue weighted by molar-refractivity contribution is 0.0773. The number of nitrogens with one attached hydrogen (secondary N) is 1. The van der Waals surface area contributed by atoms with E-state index in [9.17, 15) is 4.79 Å². The third-order valence-electron chi connectivity index (χ3n) is 7.69. The Labute approximate surface area is 243 Å². The van der Waals surface area contributed by atoms with E-state index in [1.54, 1.807) is 7.11 Å². The Morgan fingerprint density at radius 1 is 1.05 bits per heavy atom. The van der Waals surface area contributed by atoms with E-state index < -0.39 is 0 Å². The van der Waals surface area contributed by atoms with Crippen LogP contribution in [0, 0.1) is 0 Å². The third kappa shape index (κ3) is 6.15. The number of H-pyrrole nitrogens is 1. The van der Waals surface area contributed by atoms with Crippen LogP contribution in [0.4, 0.5) is 0 Å². The van der Waals surface area contributed by atoms with Gasteiger partial charge in [-0.3, -0.25) is 9.69 Å². The Morgan fingerprint density at radius 3 is 2.44 bits per heavy atom. The van der Waals surface area contributed by atoms with Crippen molar-refractivity contribution in [1.82, 2.24) is 19.8 Å². The number of fused-ring (bicyclic) bond motifs is 1. The summed E-state index contributed by atoms with van der Waals surface area (Å²) in [6.07, 6.45) is 2.84. The minimum atomic E-state index is -0.0275. The topological polar surface area (TPSA) is 70.7 Å². The van der Waals surface area contributed by atoms with Gasteiger partial charge in [-0.15, -0.1) is 0 Å². The summed E-state index contributed by atoms with van der Waals surface area (Å²) >= 11 is 0. The molecular weight excluding hydrogens is 512 g/mol. The van der Waals surface area contributed by atoms with Crippen LogP contribution < -0.4 is 9.47 Å². The standard InChI is InChI=1S/C34H40N4O3/c1-6-37(7-2)34(39)26-15-13-24(14-16-26)32-29-20-31(41-23(3)4)30(40-5)19-27(29)17-18-38(32)22-28-21-35-33(36-28)25-11-9-8-10-12-25/h8-16,19-21,23,32H,6-7,17-18,22H2,1-5H3,(H,35,36)/t32-/m1/s1. The van der Waals surface area contributed by atoms with E-state index in [1.807, 2.05) is 69.1 Å². The zero-order chi connectivity index (χ0) is 28.9. The monoisotopic (exact) mass is 552 g/mol. The van der Waals surface area contributed by atoms with Crippen molar-refractivity contribution in [3.63, 3.8) is 0 Å². The number of aromatic amines is 1. The first-order chi connectivity index (χ1) is 19.9. The fraction of sp³-hybridized carbons (Fsp3) is 0.353. The lowest BCUT2D eigenvalue weighted by Crippen LogP contribution is -2.36. The van der Waals surface area contributed by atoms with Crippen molar-refractivity contribution in [1.29, 1.82) is 0 Å². The van der Waals surface area contributed by atoms with Gasteiger partial charge in [-0.1, -0.05) is 42.5 Å². The van der Waals surface area contributed by atoms with Crippen LogP contribution in [0.2, 0.25) is 0 Å². The fourth-order valence-electron chi connectivity index (χ4n) is 5.65. The first-order valence-electron chi connectivity index (χ1n) is 14.5. The number of nitrogens with zero attached hydrogens (tertiary/aromatic N) is 3. The Morgan fingerprint density at radius 2 is 1.78 bits per heavy atom. The van der Waals surface area contributed by atoms with Gasteiger partial charge in [0.25, 0.3) is 5.91 Å². The number of aromatic nitrogens is 2. The fourth-order valence-corrected chi connectivity index (χ4v) is 5.65. The van der Waals surface area contributed by atoms with Gasteiger partial charge in [0, 0.05) is 49.2 Å². The molecule has 0 unspecified atom stereocenters. The van der Waals surface area contributed by atoms with Gasteiger partial charge in [0.1, 0.15) is 5.82 Å². The molecule has 4 aromatic rings. The van der Waals surface area contributed by atoms with Gasteiger partial charge in [0.15, 0.2) is 11.5 Å². The molecule has 0 aliphatic carbocycles. The highest BCUT2D eigenvalue weighted by molar-refractivity contribution is 5.94. The minimum Gasteiger partial charge on any atom is -0.493 e. The number of hydrogen-bond donors (Lipinski definition) is 1. The molecule has 0 saturated carbocycles. The number of hydrogen-bond acceptors (Lipinski definition) is 5. The second-order valence-electron chi connectivity index (χ2n) is 10.7. The predicted octanol–water partition coefficient (Wildman–Crippen LogP) is 6.50. The first kappa shape index (κ1) is 28.4. The third-order valence-corrected chi connectivity index (χ3v) is 7.69. The second-order valence-corrected chi connectivity index (χ2v) is 10.7. The largest absolute Gasteiger partial charge is 0.493 e. The zero-order valence-corrected chi connectivity index (χ0v) is 24.7. The van der Waals surface area contributed by atoms with E-state index in [-0.39, 0.29) is 18.1 Å². The number of benzene rings is 3. The molecule has 0 spiro atoms. The predicted molar refractivity (Wildman–Crippen MR) is 162 cm³/mol. The summed E-state index contributed by atoms with van der Waals surface area (Å²) in [7, 11) is 1.69. The van der Waals surface area contributed by atoms with Crippen LogP contribution in [0.1, 0.15) is 66.5 Å². The summed E-state index contributed by atoms with van der Waals surface area (Å²) in [5.41, 5.74) is 6.40. The molecule has 214 valence electrons. The van der Waals surface area contributed by atoms with E-state index in [4.69, 9.17) is 9.47 Å². The summed E-state index contributed by atoms with van der Waals surface area (Å²) in [6.45, 7) is 11.0. The maximum atomic E-state index is 13.0. The van der Waals surface area contributed by atoms with Gasteiger partial charge in [0.05, 0.1) is 19.3 Å². The molecule has 7 nitrogen and oxygen atoms in total. The normalized spacial score (nSPS) is 15.0. The van der Waals surface area contributed by atoms with Crippen LogP contribution in [0.15, 0.2) is 72.9 Å². The molecule has 1 aromatic heterocycles. The van der Waals surface area contributed by atoms with Crippen molar-refractivity contribution < 1.29 is 14.3 Å². The quantitative estimate of drug-likeness (QED) is 0.243. The Kier molecular flexibility index (Phi) is 8.74. The summed E-state index contributed by atoms with van der Waals surface area (Å²) in [6, 6.07) is 22.5. The van der Waals surface area contributed by atoms with Crippen LogP contribution in [0.3, 0.4) is 0 Å². The molecule has 2 heterocycles. The lowest BCUT2D eigenvalue weighted by atomic mass is 9.87. The maximum absolute atomic E-state index is 13.0. The molecule has 3 aromatic carbocycles. The average molecular weight is 553 g/mol. The molecule has 1 amide bonds. The number of rotatable bonds is 10. The number of carbonyl (C=O) groups excluding carboxylic acids is 1. The van der Waals surface area contributed by atoms with E-state index in [2.05, 4.69) is 51.3 Å². The van der Waals surface area contributed by atoms with Gasteiger partial charge in [-0.05, 0) is 75.1 Å². The van der Waals surface area contributed by atoms with Gasteiger partial charge >= 0.3 is 0 Å². The second kappa shape index (κ2) is 12.6. The van der Waals surface area contributed by atoms with E-state index in [1.165, 1.54) is 11.1 Å². The van der Waals surface area contributed by atoms with Gasteiger partial charge < -0.3 is 19.4 Å². The van der Waals surface area contributed by atoms with E-state index >= 15 is 0 Å². The molecule has 0 bridgehead atoms. The molecule has 5 rings (SSSR count). The molecule has 0 fully saturated rings. The Hall–Kier alpha value is -4.10. The van der Waals surface area contributed by atoms with Crippen molar-refractivity contribution in [2.24, 2.45) is 0 Å². The average Bonchev–Trinajstić information content (AvgIpc) is 3.46. The smallest absolute Gasteiger partial charge is 0.253 e. The molecule has 1 aliphatic rings. The first-order valence-corrected chi connectivity index (χ1v) is 14.5. The zero-order valence-electron chi connectivity index (χ0n) is 24.7. The van der Waals surface area contributed by atoms with Crippen molar-refractivity contribution in [2.45, 2.75) is 52.8 Å². The van der Waals surface area contributed by atoms with Crippen molar-refractivity contribution in [2.75, 3.05) is 26.7 Å².